The van der Waals surface area contributed by atoms with Gasteiger partial charge in [0.25, 0.3) is 0 Å². The SMILES string of the molecule is c1ccc(N2c3ccc(-n4c5ccccc5c5ccccc54)cc3Oc3cc(-n4c5ccccc5c5ccccc54)cc(-n4c5ccccc5c5ccccc54)c32)cc1. The van der Waals surface area contributed by atoms with Crippen LogP contribution in [0, 0.1) is 0 Å². The van der Waals surface area contributed by atoms with Crippen molar-refractivity contribution < 1.29 is 4.74 Å². The van der Waals surface area contributed by atoms with Gasteiger partial charge in [0.2, 0.25) is 0 Å². The maximum Gasteiger partial charge on any atom is 0.155 e. The molecule has 12 aromatic rings. The molecule has 0 radical (unpaired) electrons. The molecule has 0 saturated heterocycles. The molecule has 0 atom stereocenters. The average Bonchev–Trinajstić information content (AvgIpc) is 3.94. The van der Waals surface area contributed by atoms with Crippen molar-refractivity contribution in [3.63, 3.8) is 0 Å². The third-order valence-corrected chi connectivity index (χ3v) is 12.2. The molecule has 0 spiro atoms. The number of para-hydroxylation sites is 7. The van der Waals surface area contributed by atoms with Crippen LogP contribution in [-0.4, -0.2) is 13.7 Å². The number of fused-ring (bicyclic) bond motifs is 11. The molecule has 0 aliphatic carbocycles. The molecule has 13 rings (SSSR count). The third-order valence-electron chi connectivity index (χ3n) is 12.2. The summed E-state index contributed by atoms with van der Waals surface area (Å²) in [5, 5.41) is 7.30. The van der Waals surface area contributed by atoms with E-state index >= 15 is 0 Å². The molecule has 0 N–H and O–H groups in total. The fraction of sp³-hybridized carbons (Fsp3) is 0. The molecule has 0 bridgehead atoms. The summed E-state index contributed by atoms with van der Waals surface area (Å²) in [6, 6.07) is 74.1. The normalized spacial score (nSPS) is 12.5. The lowest BCUT2D eigenvalue weighted by Gasteiger charge is -2.35. The van der Waals surface area contributed by atoms with Gasteiger partial charge >= 0.3 is 0 Å². The van der Waals surface area contributed by atoms with E-state index < -0.39 is 0 Å². The average molecular weight is 755 g/mol. The predicted molar refractivity (Wildman–Crippen MR) is 244 cm³/mol. The van der Waals surface area contributed by atoms with Crippen molar-refractivity contribution >= 4 is 82.5 Å². The molecule has 3 aromatic heterocycles. The van der Waals surface area contributed by atoms with Gasteiger partial charge in [-0.1, -0.05) is 127 Å². The number of rotatable bonds is 4. The summed E-state index contributed by atoms with van der Waals surface area (Å²) in [7, 11) is 0. The van der Waals surface area contributed by atoms with Crippen LogP contribution < -0.4 is 9.64 Å². The highest BCUT2D eigenvalue weighted by atomic mass is 16.5. The molecule has 276 valence electrons. The molecule has 5 nitrogen and oxygen atoms in total. The maximum absolute atomic E-state index is 7.34. The van der Waals surface area contributed by atoms with E-state index in [4.69, 9.17) is 4.74 Å². The first-order valence-electron chi connectivity index (χ1n) is 20.1. The second-order valence-corrected chi connectivity index (χ2v) is 15.3. The summed E-state index contributed by atoms with van der Waals surface area (Å²) in [4.78, 5) is 2.39. The maximum atomic E-state index is 7.34. The molecule has 4 heterocycles. The Labute approximate surface area is 339 Å². The molecular formula is C54H34N4O. The fourth-order valence-electron chi connectivity index (χ4n) is 9.76. The van der Waals surface area contributed by atoms with Gasteiger partial charge in [-0.25, -0.2) is 0 Å². The first-order chi connectivity index (χ1) is 29.3. The number of ether oxygens (including phenoxy) is 1. The summed E-state index contributed by atoms with van der Waals surface area (Å²) in [5.74, 6) is 1.56. The number of hydrogen-bond donors (Lipinski definition) is 0. The molecule has 0 fully saturated rings. The minimum atomic E-state index is 0.775. The van der Waals surface area contributed by atoms with Crippen molar-refractivity contribution in [1.29, 1.82) is 0 Å². The van der Waals surface area contributed by atoms with Gasteiger partial charge in [0.05, 0.1) is 55.8 Å². The van der Waals surface area contributed by atoms with E-state index in [1.165, 1.54) is 32.3 Å². The lowest BCUT2D eigenvalue weighted by atomic mass is 10.1. The molecule has 0 amide bonds. The molecule has 1 aliphatic heterocycles. The summed E-state index contributed by atoms with van der Waals surface area (Å²) in [6.07, 6.45) is 0. The van der Waals surface area contributed by atoms with Crippen molar-refractivity contribution in [1.82, 2.24) is 13.7 Å². The van der Waals surface area contributed by atoms with Crippen LogP contribution in [0.25, 0.3) is 82.5 Å². The highest BCUT2D eigenvalue weighted by Gasteiger charge is 2.32. The second-order valence-electron chi connectivity index (χ2n) is 15.3. The molecule has 9 aromatic carbocycles. The Hall–Kier alpha value is -8.02. The predicted octanol–water partition coefficient (Wildman–Crippen LogP) is 14.6. The highest BCUT2D eigenvalue weighted by molar-refractivity contribution is 6.12. The number of nitrogens with zero attached hydrogens (tertiary/aromatic N) is 4. The molecular weight excluding hydrogens is 721 g/mol. The highest BCUT2D eigenvalue weighted by Crippen LogP contribution is 2.55. The Morgan fingerprint density at radius 1 is 0.271 bits per heavy atom. The van der Waals surface area contributed by atoms with Gasteiger partial charge in [-0.3, -0.25) is 0 Å². The summed E-state index contributed by atoms with van der Waals surface area (Å²) < 4.78 is 14.5. The molecule has 59 heavy (non-hydrogen) atoms. The van der Waals surface area contributed by atoms with E-state index in [2.05, 4.69) is 225 Å². The lowest BCUT2D eigenvalue weighted by molar-refractivity contribution is 0.476. The molecule has 0 saturated carbocycles. The van der Waals surface area contributed by atoms with Gasteiger partial charge in [0, 0.05) is 50.1 Å². The van der Waals surface area contributed by atoms with Crippen LogP contribution in [0.2, 0.25) is 0 Å². The van der Waals surface area contributed by atoms with Crippen LogP contribution >= 0.6 is 0 Å². The quantitative estimate of drug-likeness (QED) is 0.179. The van der Waals surface area contributed by atoms with Crippen molar-refractivity contribution in [2.45, 2.75) is 0 Å². The van der Waals surface area contributed by atoms with Crippen LogP contribution in [0.1, 0.15) is 0 Å². The first kappa shape index (κ1) is 32.1. The Balaban J connectivity index is 1.14. The standard InChI is InChI=1S/C54H34N4O/c1-2-16-35(17-3-1)57-50-31-30-36(55-44-24-10-4-18-38(44)39-19-5-11-25-45(39)55)33-52(50)59-53-34-37(56-46-26-12-6-20-40(46)41-21-7-13-27-47(41)56)32-51(54(53)57)58-48-28-14-8-22-42(48)43-23-9-15-29-49(43)58/h1-34H. The van der Waals surface area contributed by atoms with E-state index in [1.54, 1.807) is 0 Å². The van der Waals surface area contributed by atoms with Gasteiger partial charge < -0.3 is 23.3 Å². The summed E-state index contributed by atoms with van der Waals surface area (Å²) in [6.45, 7) is 0. The molecule has 1 aliphatic rings. The Bertz CT molecular complexity index is 3500. The Morgan fingerprint density at radius 2 is 0.661 bits per heavy atom. The Kier molecular flexibility index (Phi) is 6.66. The number of anilines is 3. The molecule has 0 unspecified atom stereocenters. The van der Waals surface area contributed by atoms with E-state index in [9.17, 15) is 0 Å². The summed E-state index contributed by atoms with van der Waals surface area (Å²) in [5.41, 5.74) is 13.0. The number of hydrogen-bond acceptors (Lipinski definition) is 2. The van der Waals surface area contributed by atoms with Crippen LogP contribution in [0.3, 0.4) is 0 Å². The van der Waals surface area contributed by atoms with E-state index in [-0.39, 0.29) is 0 Å². The van der Waals surface area contributed by atoms with E-state index in [0.717, 1.165) is 78.7 Å². The zero-order chi connectivity index (χ0) is 38.6. The molecule has 5 heteroatoms. The smallest absolute Gasteiger partial charge is 0.155 e. The van der Waals surface area contributed by atoms with Crippen molar-refractivity contribution in [3.05, 3.63) is 206 Å². The van der Waals surface area contributed by atoms with Crippen molar-refractivity contribution in [2.75, 3.05) is 4.90 Å². The van der Waals surface area contributed by atoms with Gasteiger partial charge in [-0.2, -0.15) is 0 Å². The third kappa shape index (κ3) is 4.55. The topological polar surface area (TPSA) is 27.3 Å². The fourth-order valence-corrected chi connectivity index (χ4v) is 9.76. The minimum absolute atomic E-state index is 0.775. The van der Waals surface area contributed by atoms with E-state index in [0.29, 0.717) is 0 Å². The van der Waals surface area contributed by atoms with Crippen LogP contribution in [-0.2, 0) is 0 Å². The largest absolute Gasteiger partial charge is 0.453 e. The second kappa shape index (κ2) is 12.2. The lowest BCUT2D eigenvalue weighted by Crippen LogP contribution is -2.19. The number of benzene rings is 9. The van der Waals surface area contributed by atoms with Crippen molar-refractivity contribution in [3.8, 4) is 28.6 Å². The summed E-state index contributed by atoms with van der Waals surface area (Å²) >= 11 is 0. The van der Waals surface area contributed by atoms with Crippen LogP contribution in [0.5, 0.6) is 11.5 Å². The van der Waals surface area contributed by atoms with Gasteiger partial charge in [0.15, 0.2) is 11.5 Å². The number of aromatic nitrogens is 3. The minimum Gasteiger partial charge on any atom is -0.453 e. The zero-order valence-electron chi connectivity index (χ0n) is 31.8. The van der Waals surface area contributed by atoms with Gasteiger partial charge in [0.1, 0.15) is 5.69 Å². The van der Waals surface area contributed by atoms with E-state index in [1.807, 2.05) is 0 Å². The Morgan fingerprint density at radius 3 is 1.14 bits per heavy atom. The van der Waals surface area contributed by atoms with Crippen LogP contribution in [0.4, 0.5) is 17.1 Å². The van der Waals surface area contributed by atoms with Gasteiger partial charge in [-0.15, -0.1) is 0 Å². The monoisotopic (exact) mass is 754 g/mol. The zero-order valence-corrected chi connectivity index (χ0v) is 31.8. The van der Waals surface area contributed by atoms with Crippen molar-refractivity contribution in [2.24, 2.45) is 0 Å². The van der Waals surface area contributed by atoms with Crippen LogP contribution in [0.15, 0.2) is 206 Å². The first-order valence-corrected chi connectivity index (χ1v) is 20.1. The van der Waals surface area contributed by atoms with Gasteiger partial charge in [-0.05, 0) is 66.7 Å².